The van der Waals surface area contributed by atoms with Crippen LogP contribution in [0.1, 0.15) is 19.4 Å². The fourth-order valence-electron chi connectivity index (χ4n) is 1.33. The summed E-state index contributed by atoms with van der Waals surface area (Å²) in [6.07, 6.45) is 4.67. The summed E-state index contributed by atoms with van der Waals surface area (Å²) < 4.78 is 5.42. The summed E-state index contributed by atoms with van der Waals surface area (Å²) >= 11 is 0. The molecule has 1 rings (SSSR count). The summed E-state index contributed by atoms with van der Waals surface area (Å²) in [6.45, 7) is 4.20. The maximum Gasteiger partial charge on any atom is 0.120 e. The van der Waals surface area contributed by atoms with Gasteiger partial charge in [-0.15, -0.1) is 6.42 Å². The third-order valence-electron chi connectivity index (χ3n) is 2.55. The molecule has 1 aromatic rings. The Bertz CT molecular complexity index is 498. The Kier molecular flexibility index (Phi) is 5.38. The van der Waals surface area contributed by atoms with E-state index in [4.69, 9.17) is 16.4 Å². The number of aliphatic hydroxyl groups is 1. The Hall–Kier alpha value is -2.01. The SMILES string of the molecule is C#CC(C)(C)NCC(O)COc1cccc(C#N)c1. The van der Waals surface area contributed by atoms with Crippen LogP contribution in [0.25, 0.3) is 0 Å². The van der Waals surface area contributed by atoms with Crippen molar-refractivity contribution in [3.8, 4) is 24.2 Å². The molecule has 1 unspecified atom stereocenters. The van der Waals surface area contributed by atoms with E-state index >= 15 is 0 Å². The highest BCUT2D eigenvalue weighted by atomic mass is 16.5. The van der Waals surface area contributed by atoms with Crippen LogP contribution < -0.4 is 10.1 Å². The molecule has 0 aliphatic heterocycles. The van der Waals surface area contributed by atoms with Crippen molar-refractivity contribution < 1.29 is 9.84 Å². The van der Waals surface area contributed by atoms with Crippen LogP contribution in [-0.4, -0.2) is 29.9 Å². The van der Waals surface area contributed by atoms with Gasteiger partial charge in [-0.25, -0.2) is 0 Å². The minimum atomic E-state index is -0.668. The summed E-state index contributed by atoms with van der Waals surface area (Å²) in [5.41, 5.74) is 0.0698. The molecule has 0 aliphatic rings. The summed E-state index contributed by atoms with van der Waals surface area (Å²) in [5.74, 6) is 3.15. The van der Waals surface area contributed by atoms with Crippen LogP contribution in [0.2, 0.25) is 0 Å². The Labute approximate surface area is 114 Å². The average molecular weight is 258 g/mol. The normalized spacial score (nSPS) is 12.3. The molecule has 0 aliphatic carbocycles. The molecule has 0 saturated carbocycles. The number of ether oxygens (including phenoxy) is 1. The van der Waals surface area contributed by atoms with Crippen molar-refractivity contribution in [3.63, 3.8) is 0 Å². The van der Waals surface area contributed by atoms with E-state index in [1.165, 1.54) is 0 Å². The first-order valence-corrected chi connectivity index (χ1v) is 6.00. The monoisotopic (exact) mass is 258 g/mol. The lowest BCUT2D eigenvalue weighted by Gasteiger charge is -2.22. The standard InChI is InChI=1S/C15H18N2O2/c1-4-15(2,3)17-10-13(18)11-19-14-7-5-6-12(8-14)9-16/h1,5-8,13,17-18H,10-11H2,2-3H3. The minimum Gasteiger partial charge on any atom is -0.491 e. The number of nitrogens with zero attached hydrogens (tertiary/aromatic N) is 1. The van der Waals surface area contributed by atoms with Crippen molar-refractivity contribution in [2.45, 2.75) is 25.5 Å². The summed E-state index contributed by atoms with van der Waals surface area (Å²) in [4.78, 5) is 0. The van der Waals surface area contributed by atoms with Gasteiger partial charge in [-0.1, -0.05) is 12.0 Å². The number of nitrogens with one attached hydrogen (secondary N) is 1. The van der Waals surface area contributed by atoms with Crippen LogP contribution in [0.4, 0.5) is 0 Å². The maximum atomic E-state index is 9.77. The second-order valence-corrected chi connectivity index (χ2v) is 4.75. The number of hydrogen-bond donors (Lipinski definition) is 2. The molecular weight excluding hydrogens is 240 g/mol. The molecule has 0 fully saturated rings. The lowest BCUT2D eigenvalue weighted by atomic mass is 10.1. The summed E-state index contributed by atoms with van der Waals surface area (Å²) in [7, 11) is 0. The van der Waals surface area contributed by atoms with E-state index in [-0.39, 0.29) is 6.61 Å². The predicted molar refractivity (Wildman–Crippen MR) is 73.6 cm³/mol. The smallest absolute Gasteiger partial charge is 0.120 e. The van der Waals surface area contributed by atoms with Crippen LogP contribution >= 0.6 is 0 Å². The van der Waals surface area contributed by atoms with E-state index in [0.29, 0.717) is 17.9 Å². The molecule has 1 aromatic carbocycles. The zero-order valence-electron chi connectivity index (χ0n) is 11.2. The van der Waals surface area contributed by atoms with Crippen LogP contribution in [-0.2, 0) is 0 Å². The molecule has 4 heteroatoms. The summed E-state index contributed by atoms with van der Waals surface area (Å²) in [5, 5.41) is 21.6. The molecule has 0 amide bonds. The number of β-amino-alcohol motifs (C(OH)–C–C–N with tert-alkyl or cyclic N) is 1. The molecule has 0 saturated heterocycles. The van der Waals surface area contributed by atoms with Gasteiger partial charge in [0.1, 0.15) is 18.5 Å². The minimum absolute atomic E-state index is 0.141. The van der Waals surface area contributed by atoms with E-state index in [2.05, 4.69) is 11.2 Å². The van der Waals surface area contributed by atoms with Crippen LogP contribution in [0.3, 0.4) is 0 Å². The molecule has 19 heavy (non-hydrogen) atoms. The summed E-state index contributed by atoms with van der Waals surface area (Å²) in [6, 6.07) is 8.83. The van der Waals surface area contributed by atoms with Crippen molar-refractivity contribution in [1.29, 1.82) is 5.26 Å². The first-order valence-electron chi connectivity index (χ1n) is 6.00. The zero-order chi connectivity index (χ0) is 14.3. The fraction of sp³-hybridized carbons (Fsp3) is 0.400. The van der Waals surface area contributed by atoms with Gasteiger partial charge in [0.2, 0.25) is 0 Å². The van der Waals surface area contributed by atoms with Crippen molar-refractivity contribution >= 4 is 0 Å². The average Bonchev–Trinajstić information content (AvgIpc) is 2.43. The van der Waals surface area contributed by atoms with Crippen molar-refractivity contribution in [1.82, 2.24) is 5.32 Å². The molecule has 100 valence electrons. The quantitative estimate of drug-likeness (QED) is 0.755. The molecule has 2 N–H and O–H groups in total. The number of hydrogen-bond acceptors (Lipinski definition) is 4. The maximum absolute atomic E-state index is 9.77. The van der Waals surface area contributed by atoms with Crippen molar-refractivity contribution in [2.24, 2.45) is 0 Å². The number of aliphatic hydroxyl groups excluding tert-OH is 1. The number of terminal acetylenes is 1. The van der Waals surface area contributed by atoms with Crippen LogP contribution in [0, 0.1) is 23.7 Å². The number of benzene rings is 1. The lowest BCUT2D eigenvalue weighted by Crippen LogP contribution is -2.43. The van der Waals surface area contributed by atoms with E-state index in [0.717, 1.165) is 0 Å². The number of rotatable bonds is 6. The van der Waals surface area contributed by atoms with Gasteiger partial charge in [0.25, 0.3) is 0 Å². The Morgan fingerprint density at radius 3 is 2.89 bits per heavy atom. The molecule has 0 bridgehead atoms. The molecule has 0 heterocycles. The Balaban J connectivity index is 2.40. The molecule has 0 aromatic heterocycles. The van der Waals surface area contributed by atoms with Crippen LogP contribution in [0.5, 0.6) is 5.75 Å². The Morgan fingerprint density at radius 1 is 1.53 bits per heavy atom. The lowest BCUT2D eigenvalue weighted by molar-refractivity contribution is 0.102. The molecule has 0 radical (unpaired) electrons. The third kappa shape index (κ3) is 5.44. The van der Waals surface area contributed by atoms with E-state index in [1.54, 1.807) is 24.3 Å². The first kappa shape index (κ1) is 15.0. The van der Waals surface area contributed by atoms with Gasteiger partial charge in [0.15, 0.2) is 0 Å². The molecule has 0 spiro atoms. The van der Waals surface area contributed by atoms with Gasteiger partial charge in [-0.2, -0.15) is 5.26 Å². The highest BCUT2D eigenvalue weighted by Crippen LogP contribution is 2.12. The number of nitriles is 1. The highest BCUT2D eigenvalue weighted by Gasteiger charge is 2.15. The van der Waals surface area contributed by atoms with E-state index < -0.39 is 11.6 Å². The topological polar surface area (TPSA) is 65.3 Å². The van der Waals surface area contributed by atoms with Crippen molar-refractivity contribution in [3.05, 3.63) is 29.8 Å². The van der Waals surface area contributed by atoms with Crippen LogP contribution in [0.15, 0.2) is 24.3 Å². The van der Waals surface area contributed by atoms with Crippen molar-refractivity contribution in [2.75, 3.05) is 13.2 Å². The zero-order valence-corrected chi connectivity index (χ0v) is 11.2. The third-order valence-corrected chi connectivity index (χ3v) is 2.55. The van der Waals surface area contributed by atoms with E-state index in [9.17, 15) is 5.11 Å². The van der Waals surface area contributed by atoms with E-state index in [1.807, 2.05) is 19.9 Å². The van der Waals surface area contributed by atoms with Gasteiger partial charge >= 0.3 is 0 Å². The second-order valence-electron chi connectivity index (χ2n) is 4.75. The highest BCUT2D eigenvalue weighted by molar-refractivity contribution is 5.36. The van der Waals surface area contributed by atoms with Gasteiger partial charge in [0, 0.05) is 6.54 Å². The molecule has 4 nitrogen and oxygen atoms in total. The predicted octanol–water partition coefficient (Wildman–Crippen LogP) is 1.30. The first-order chi connectivity index (χ1) is 8.96. The molecular formula is C15H18N2O2. The van der Waals surface area contributed by atoms with Gasteiger partial charge in [-0.05, 0) is 32.0 Å². The van der Waals surface area contributed by atoms with Gasteiger partial charge in [-0.3, -0.25) is 5.32 Å². The molecule has 1 atom stereocenters. The fourth-order valence-corrected chi connectivity index (χ4v) is 1.33. The Morgan fingerprint density at radius 2 is 2.26 bits per heavy atom. The van der Waals surface area contributed by atoms with Gasteiger partial charge in [0.05, 0.1) is 17.2 Å². The van der Waals surface area contributed by atoms with Gasteiger partial charge < -0.3 is 9.84 Å². The largest absolute Gasteiger partial charge is 0.491 e. The second kappa shape index (κ2) is 6.80.